The van der Waals surface area contributed by atoms with Crippen LogP contribution in [0.15, 0.2) is 24.3 Å². The van der Waals surface area contributed by atoms with Crippen LogP contribution >= 0.6 is 12.2 Å². The molecule has 1 aromatic carbocycles. The van der Waals surface area contributed by atoms with E-state index in [-0.39, 0.29) is 0 Å². The minimum Gasteiger partial charge on any atom is -0.492 e. The zero-order chi connectivity index (χ0) is 15.8. The fourth-order valence-electron chi connectivity index (χ4n) is 2.35. The van der Waals surface area contributed by atoms with Crippen molar-refractivity contribution in [1.82, 2.24) is 9.80 Å². The second-order valence-corrected chi connectivity index (χ2v) is 5.92. The first-order valence-corrected chi connectivity index (χ1v) is 7.76. The van der Waals surface area contributed by atoms with Crippen LogP contribution in [0.3, 0.4) is 0 Å². The van der Waals surface area contributed by atoms with Crippen molar-refractivity contribution in [2.45, 2.75) is 19.9 Å². The van der Waals surface area contributed by atoms with Gasteiger partial charge in [-0.25, -0.2) is 0 Å². The van der Waals surface area contributed by atoms with Gasteiger partial charge in [-0.3, -0.25) is 4.90 Å². The van der Waals surface area contributed by atoms with E-state index in [1.165, 1.54) is 0 Å². The summed E-state index contributed by atoms with van der Waals surface area (Å²) in [4.78, 5) is 5.02. The molecule has 118 valence electrons. The van der Waals surface area contributed by atoms with Crippen LogP contribution < -0.4 is 10.5 Å². The molecule has 0 aliphatic carbocycles. The molecule has 5 heteroatoms. The van der Waals surface area contributed by atoms with Gasteiger partial charge >= 0.3 is 0 Å². The van der Waals surface area contributed by atoms with E-state index in [0.717, 1.165) is 30.9 Å². The highest BCUT2D eigenvalue weighted by Gasteiger charge is 2.12. The molecule has 0 saturated carbocycles. The van der Waals surface area contributed by atoms with Crippen molar-refractivity contribution < 1.29 is 4.74 Å². The number of hydrogen-bond donors (Lipinski definition) is 1. The van der Waals surface area contributed by atoms with Crippen LogP contribution in [-0.2, 0) is 0 Å². The van der Waals surface area contributed by atoms with Gasteiger partial charge in [-0.05, 0) is 39.7 Å². The SMILES string of the molecule is CCN(CCOc1cccc(C(N)=S)c1)C(C)CN(C)C. The summed E-state index contributed by atoms with van der Waals surface area (Å²) >= 11 is 4.98. The highest BCUT2D eigenvalue weighted by atomic mass is 32.1. The normalized spacial score (nSPS) is 12.7. The highest BCUT2D eigenvalue weighted by molar-refractivity contribution is 7.80. The van der Waals surface area contributed by atoms with E-state index < -0.39 is 0 Å². The lowest BCUT2D eigenvalue weighted by atomic mass is 10.2. The molecule has 1 unspecified atom stereocenters. The average Bonchev–Trinajstić information content (AvgIpc) is 2.43. The maximum atomic E-state index is 5.81. The predicted octanol–water partition coefficient (Wildman–Crippen LogP) is 1.97. The first-order valence-electron chi connectivity index (χ1n) is 7.35. The molecule has 2 N–H and O–H groups in total. The van der Waals surface area contributed by atoms with E-state index in [1.807, 2.05) is 24.3 Å². The van der Waals surface area contributed by atoms with Crippen molar-refractivity contribution in [2.75, 3.05) is 40.3 Å². The molecule has 0 amide bonds. The van der Waals surface area contributed by atoms with E-state index in [1.54, 1.807) is 0 Å². The fraction of sp³-hybridized carbons (Fsp3) is 0.562. The maximum absolute atomic E-state index is 5.81. The van der Waals surface area contributed by atoms with Gasteiger partial charge in [0.25, 0.3) is 0 Å². The van der Waals surface area contributed by atoms with Crippen molar-refractivity contribution >= 4 is 17.2 Å². The zero-order valence-electron chi connectivity index (χ0n) is 13.5. The quantitative estimate of drug-likeness (QED) is 0.706. The van der Waals surface area contributed by atoms with E-state index in [4.69, 9.17) is 22.7 Å². The predicted molar refractivity (Wildman–Crippen MR) is 93.1 cm³/mol. The standard InChI is InChI=1S/C16H27N3OS/c1-5-19(13(2)12-18(3)4)9-10-20-15-8-6-7-14(11-15)16(17)21/h6-8,11,13H,5,9-10,12H2,1-4H3,(H2,17,21). The minimum absolute atomic E-state index is 0.398. The van der Waals surface area contributed by atoms with Gasteiger partial charge in [0.05, 0.1) is 0 Å². The Morgan fingerprint density at radius 3 is 2.67 bits per heavy atom. The van der Waals surface area contributed by atoms with E-state index >= 15 is 0 Å². The molecule has 21 heavy (non-hydrogen) atoms. The zero-order valence-corrected chi connectivity index (χ0v) is 14.3. The van der Waals surface area contributed by atoms with Gasteiger partial charge in [0.1, 0.15) is 17.3 Å². The molecule has 0 spiro atoms. The van der Waals surface area contributed by atoms with Crippen LogP contribution in [-0.4, -0.2) is 61.2 Å². The molecule has 1 aromatic rings. The molecule has 0 bridgehead atoms. The number of likely N-dealkylation sites (N-methyl/N-ethyl adjacent to an activating group) is 2. The van der Waals surface area contributed by atoms with Crippen LogP contribution in [0, 0.1) is 0 Å². The monoisotopic (exact) mass is 309 g/mol. The molecule has 1 atom stereocenters. The molecule has 0 aromatic heterocycles. The molecule has 0 aliphatic rings. The third-order valence-corrected chi connectivity index (χ3v) is 3.66. The summed E-state index contributed by atoms with van der Waals surface area (Å²) < 4.78 is 5.81. The Bertz CT molecular complexity index is 451. The lowest BCUT2D eigenvalue weighted by Crippen LogP contribution is -2.41. The first-order chi connectivity index (χ1) is 9.93. The van der Waals surface area contributed by atoms with Gasteiger partial charge in [-0.15, -0.1) is 0 Å². The van der Waals surface area contributed by atoms with Crippen molar-refractivity contribution in [3.8, 4) is 5.75 Å². The number of nitrogens with two attached hydrogens (primary N) is 1. The Hall–Kier alpha value is -1.17. The van der Waals surface area contributed by atoms with Crippen molar-refractivity contribution in [3.63, 3.8) is 0 Å². The first kappa shape index (κ1) is 17.9. The smallest absolute Gasteiger partial charge is 0.120 e. The van der Waals surface area contributed by atoms with Crippen molar-refractivity contribution in [2.24, 2.45) is 5.73 Å². The van der Waals surface area contributed by atoms with E-state index in [9.17, 15) is 0 Å². The largest absolute Gasteiger partial charge is 0.492 e. The Kier molecular flexibility index (Phi) is 7.64. The fourth-order valence-corrected chi connectivity index (χ4v) is 2.48. The van der Waals surface area contributed by atoms with Crippen LogP contribution in [0.5, 0.6) is 5.75 Å². The number of rotatable bonds is 9. The van der Waals surface area contributed by atoms with Gasteiger partial charge in [-0.1, -0.05) is 31.3 Å². The number of nitrogens with zero attached hydrogens (tertiary/aromatic N) is 2. The van der Waals surface area contributed by atoms with Crippen LogP contribution in [0.4, 0.5) is 0 Å². The second kappa shape index (κ2) is 8.97. The summed E-state index contributed by atoms with van der Waals surface area (Å²) in [6.07, 6.45) is 0. The van der Waals surface area contributed by atoms with Crippen molar-refractivity contribution in [3.05, 3.63) is 29.8 Å². The van der Waals surface area contributed by atoms with Crippen LogP contribution in [0.25, 0.3) is 0 Å². The lowest BCUT2D eigenvalue weighted by molar-refractivity contribution is 0.152. The summed E-state index contributed by atoms with van der Waals surface area (Å²) in [7, 11) is 4.20. The summed E-state index contributed by atoms with van der Waals surface area (Å²) in [5.74, 6) is 0.816. The third-order valence-electron chi connectivity index (χ3n) is 3.42. The van der Waals surface area contributed by atoms with Gasteiger partial charge in [0, 0.05) is 24.7 Å². The van der Waals surface area contributed by atoms with Gasteiger partial charge in [0.15, 0.2) is 0 Å². The Morgan fingerprint density at radius 2 is 2.10 bits per heavy atom. The van der Waals surface area contributed by atoms with E-state index in [0.29, 0.717) is 17.6 Å². The van der Waals surface area contributed by atoms with Gasteiger partial charge < -0.3 is 15.4 Å². The molecular weight excluding hydrogens is 282 g/mol. The molecule has 0 saturated heterocycles. The molecule has 4 nitrogen and oxygen atoms in total. The lowest BCUT2D eigenvalue weighted by Gasteiger charge is -2.29. The summed E-state index contributed by atoms with van der Waals surface area (Å²) in [5.41, 5.74) is 6.47. The number of hydrogen-bond acceptors (Lipinski definition) is 4. The summed E-state index contributed by atoms with van der Waals surface area (Å²) in [6.45, 7) is 8.06. The molecule has 0 radical (unpaired) electrons. The second-order valence-electron chi connectivity index (χ2n) is 5.48. The van der Waals surface area contributed by atoms with Crippen molar-refractivity contribution in [1.29, 1.82) is 0 Å². The van der Waals surface area contributed by atoms with Gasteiger partial charge in [0.2, 0.25) is 0 Å². The third kappa shape index (κ3) is 6.42. The number of ether oxygens (including phenoxy) is 1. The Labute approximate surface area is 133 Å². The summed E-state index contributed by atoms with van der Waals surface area (Å²) in [6, 6.07) is 8.14. The average molecular weight is 309 g/mol. The molecule has 0 aliphatic heterocycles. The maximum Gasteiger partial charge on any atom is 0.120 e. The topological polar surface area (TPSA) is 41.7 Å². The molecule has 1 rings (SSSR count). The highest BCUT2D eigenvalue weighted by Crippen LogP contribution is 2.13. The number of thiocarbonyl (C=S) groups is 1. The van der Waals surface area contributed by atoms with Gasteiger partial charge in [-0.2, -0.15) is 0 Å². The molecular formula is C16H27N3OS. The van der Waals surface area contributed by atoms with Crippen LogP contribution in [0.1, 0.15) is 19.4 Å². The number of benzene rings is 1. The Balaban J connectivity index is 2.47. The molecule has 0 heterocycles. The van der Waals surface area contributed by atoms with Crippen LogP contribution in [0.2, 0.25) is 0 Å². The van der Waals surface area contributed by atoms with E-state index in [2.05, 4.69) is 37.7 Å². The minimum atomic E-state index is 0.398. The molecule has 0 fully saturated rings. The Morgan fingerprint density at radius 1 is 1.38 bits per heavy atom. The summed E-state index contributed by atoms with van der Waals surface area (Å²) in [5, 5.41) is 0.